The van der Waals surface area contributed by atoms with Crippen molar-refractivity contribution in [1.29, 1.82) is 0 Å². The van der Waals surface area contributed by atoms with E-state index in [1.165, 1.54) is 11.1 Å². The monoisotopic (exact) mass is 288 g/mol. The normalized spacial score (nSPS) is 10.8. The van der Waals surface area contributed by atoms with Crippen LogP contribution >= 0.6 is 0 Å². The second-order valence-electron chi connectivity index (χ2n) is 5.29. The molecule has 2 rings (SSSR count). The van der Waals surface area contributed by atoms with Crippen LogP contribution in [0, 0.1) is 13.8 Å². The second-order valence-corrected chi connectivity index (χ2v) is 5.29. The van der Waals surface area contributed by atoms with Gasteiger partial charge >= 0.3 is 0 Å². The molecule has 21 heavy (non-hydrogen) atoms. The van der Waals surface area contributed by atoms with Crippen LogP contribution in [0.2, 0.25) is 0 Å². The molecule has 2 amide bonds. The van der Waals surface area contributed by atoms with E-state index < -0.39 is 0 Å². The minimum Gasteiger partial charge on any atom is -0.464 e. The van der Waals surface area contributed by atoms with Crippen molar-refractivity contribution in [2.75, 3.05) is 6.54 Å². The number of nitrogens with one attached hydrogen (secondary N) is 1. The molecule has 0 fully saturated rings. The van der Waals surface area contributed by atoms with Crippen molar-refractivity contribution in [3.8, 4) is 0 Å². The maximum absolute atomic E-state index is 11.9. The Morgan fingerprint density at radius 2 is 1.95 bits per heavy atom. The van der Waals surface area contributed by atoms with Gasteiger partial charge in [-0.2, -0.15) is 0 Å². The molecule has 0 unspecified atom stereocenters. The Bertz CT molecular complexity index is 673. The van der Waals surface area contributed by atoms with Gasteiger partial charge in [0.05, 0.1) is 12.7 Å². The molecule has 5 heteroatoms. The summed E-state index contributed by atoms with van der Waals surface area (Å²) in [5.41, 5.74) is 9.06. The van der Waals surface area contributed by atoms with Crippen molar-refractivity contribution in [1.82, 2.24) is 5.32 Å². The van der Waals surface area contributed by atoms with Gasteiger partial charge in [0, 0.05) is 23.9 Å². The molecule has 112 valence electrons. The third-order valence-electron chi connectivity index (χ3n) is 3.54. The van der Waals surface area contributed by atoms with Gasteiger partial charge in [-0.3, -0.25) is 9.59 Å². The molecule has 0 atom stereocenters. The maximum Gasteiger partial charge on any atom is 0.224 e. The number of furan rings is 1. The number of rotatable bonds is 6. The Morgan fingerprint density at radius 1 is 1.24 bits per heavy atom. The lowest BCUT2D eigenvalue weighted by atomic mass is 10.0. The Labute approximate surface area is 123 Å². The molecular formula is C16H20N2O3. The zero-order chi connectivity index (χ0) is 15.4. The van der Waals surface area contributed by atoms with Gasteiger partial charge < -0.3 is 15.5 Å². The van der Waals surface area contributed by atoms with Crippen LogP contribution in [0.5, 0.6) is 0 Å². The van der Waals surface area contributed by atoms with Crippen LogP contribution in [0.1, 0.15) is 29.5 Å². The fraction of sp³-hybridized carbons (Fsp3) is 0.375. The molecule has 5 nitrogen and oxygen atoms in total. The summed E-state index contributed by atoms with van der Waals surface area (Å²) in [7, 11) is 0. The van der Waals surface area contributed by atoms with Crippen LogP contribution in [0.4, 0.5) is 0 Å². The quantitative estimate of drug-likeness (QED) is 0.797. The van der Waals surface area contributed by atoms with E-state index in [0.29, 0.717) is 13.0 Å². The standard InChI is InChI=1S/C16H20N2O3/c1-10-6-13-12(9-21-14(13)7-11(10)2)8-16(20)18-5-3-4-15(17)19/h6-7,9H,3-5,8H2,1-2H3,(H2,17,19)(H,18,20). The van der Waals surface area contributed by atoms with E-state index in [1.807, 2.05) is 26.0 Å². The Kier molecular flexibility index (Phi) is 4.62. The molecule has 3 N–H and O–H groups in total. The fourth-order valence-electron chi connectivity index (χ4n) is 2.20. The number of benzene rings is 1. The molecule has 1 aromatic heterocycles. The summed E-state index contributed by atoms with van der Waals surface area (Å²) in [6.07, 6.45) is 2.75. The van der Waals surface area contributed by atoms with Crippen LogP contribution in [0.25, 0.3) is 11.0 Å². The van der Waals surface area contributed by atoms with Crippen molar-refractivity contribution < 1.29 is 14.0 Å². The molecule has 0 aliphatic heterocycles. The highest BCUT2D eigenvalue weighted by molar-refractivity contribution is 5.88. The van der Waals surface area contributed by atoms with Gasteiger partial charge in [0.1, 0.15) is 5.58 Å². The summed E-state index contributed by atoms with van der Waals surface area (Å²) in [5.74, 6) is -0.434. The summed E-state index contributed by atoms with van der Waals surface area (Å²) < 4.78 is 5.50. The van der Waals surface area contributed by atoms with Crippen LogP contribution in [-0.4, -0.2) is 18.4 Å². The molecular weight excluding hydrogens is 268 g/mol. The van der Waals surface area contributed by atoms with Crippen LogP contribution in [0.15, 0.2) is 22.8 Å². The van der Waals surface area contributed by atoms with E-state index in [1.54, 1.807) is 6.26 Å². The number of amides is 2. The lowest BCUT2D eigenvalue weighted by Gasteiger charge is -2.04. The van der Waals surface area contributed by atoms with Gasteiger partial charge in [0.2, 0.25) is 11.8 Å². The fourth-order valence-corrected chi connectivity index (χ4v) is 2.20. The summed E-state index contributed by atoms with van der Waals surface area (Å²) in [5, 5.41) is 3.76. The van der Waals surface area contributed by atoms with E-state index in [0.717, 1.165) is 16.5 Å². The van der Waals surface area contributed by atoms with Crippen molar-refractivity contribution in [2.24, 2.45) is 5.73 Å². The lowest BCUT2D eigenvalue weighted by molar-refractivity contribution is -0.121. The van der Waals surface area contributed by atoms with Gasteiger partial charge in [0.25, 0.3) is 0 Å². The van der Waals surface area contributed by atoms with Gasteiger partial charge in [-0.1, -0.05) is 0 Å². The predicted molar refractivity (Wildman–Crippen MR) is 80.8 cm³/mol. The number of carbonyl (C=O) groups excluding carboxylic acids is 2. The zero-order valence-corrected chi connectivity index (χ0v) is 12.4. The van der Waals surface area contributed by atoms with E-state index in [-0.39, 0.29) is 24.7 Å². The highest BCUT2D eigenvalue weighted by Gasteiger charge is 2.11. The number of fused-ring (bicyclic) bond motifs is 1. The average Bonchev–Trinajstić information content (AvgIpc) is 2.78. The zero-order valence-electron chi connectivity index (χ0n) is 12.4. The first-order chi connectivity index (χ1) is 9.97. The smallest absolute Gasteiger partial charge is 0.224 e. The number of aryl methyl sites for hydroxylation is 2. The second kappa shape index (κ2) is 6.43. The summed E-state index contributed by atoms with van der Waals surface area (Å²) in [6.45, 7) is 4.52. The first-order valence-electron chi connectivity index (χ1n) is 6.99. The molecule has 0 aliphatic carbocycles. The lowest BCUT2D eigenvalue weighted by Crippen LogP contribution is -2.27. The molecule has 0 saturated carbocycles. The molecule has 0 bridgehead atoms. The first kappa shape index (κ1) is 15.1. The highest BCUT2D eigenvalue weighted by atomic mass is 16.3. The van der Waals surface area contributed by atoms with E-state index >= 15 is 0 Å². The number of carbonyl (C=O) groups is 2. The largest absolute Gasteiger partial charge is 0.464 e. The number of hydrogen-bond donors (Lipinski definition) is 2. The number of hydrogen-bond acceptors (Lipinski definition) is 3. The maximum atomic E-state index is 11.9. The minimum atomic E-state index is -0.351. The third-order valence-corrected chi connectivity index (χ3v) is 3.54. The summed E-state index contributed by atoms with van der Waals surface area (Å²) in [4.78, 5) is 22.5. The van der Waals surface area contributed by atoms with E-state index in [4.69, 9.17) is 10.2 Å². The Balaban J connectivity index is 1.98. The molecule has 1 heterocycles. The summed E-state index contributed by atoms with van der Waals surface area (Å²) >= 11 is 0. The third kappa shape index (κ3) is 3.84. The van der Waals surface area contributed by atoms with Crippen LogP contribution in [-0.2, 0) is 16.0 Å². The highest BCUT2D eigenvalue weighted by Crippen LogP contribution is 2.25. The van der Waals surface area contributed by atoms with Crippen molar-refractivity contribution >= 4 is 22.8 Å². The average molecular weight is 288 g/mol. The van der Waals surface area contributed by atoms with Gasteiger partial charge in [-0.25, -0.2) is 0 Å². The molecule has 0 saturated heterocycles. The number of primary amides is 1. The molecule has 0 aliphatic rings. The van der Waals surface area contributed by atoms with E-state index in [9.17, 15) is 9.59 Å². The Hall–Kier alpha value is -2.30. The van der Waals surface area contributed by atoms with Crippen molar-refractivity contribution in [3.05, 3.63) is 35.1 Å². The van der Waals surface area contributed by atoms with Crippen LogP contribution < -0.4 is 11.1 Å². The minimum absolute atomic E-state index is 0.0830. The van der Waals surface area contributed by atoms with Gasteiger partial charge in [0.15, 0.2) is 0 Å². The van der Waals surface area contributed by atoms with Gasteiger partial charge in [-0.05, 0) is 43.5 Å². The van der Waals surface area contributed by atoms with Crippen molar-refractivity contribution in [3.63, 3.8) is 0 Å². The predicted octanol–water partition coefficient (Wildman–Crippen LogP) is 1.97. The number of nitrogens with two attached hydrogens (primary N) is 1. The van der Waals surface area contributed by atoms with E-state index in [2.05, 4.69) is 5.32 Å². The van der Waals surface area contributed by atoms with Crippen LogP contribution in [0.3, 0.4) is 0 Å². The molecule has 2 aromatic rings. The molecule has 0 radical (unpaired) electrons. The SMILES string of the molecule is Cc1cc2occ(CC(=O)NCCCC(N)=O)c2cc1C. The molecule has 0 spiro atoms. The van der Waals surface area contributed by atoms with Gasteiger partial charge in [-0.15, -0.1) is 0 Å². The van der Waals surface area contributed by atoms with Crippen molar-refractivity contribution in [2.45, 2.75) is 33.1 Å². The Morgan fingerprint density at radius 3 is 2.67 bits per heavy atom. The molecule has 1 aromatic carbocycles. The topological polar surface area (TPSA) is 85.3 Å². The summed E-state index contributed by atoms with van der Waals surface area (Å²) in [6, 6.07) is 4.03. The first-order valence-corrected chi connectivity index (χ1v) is 6.99.